The van der Waals surface area contributed by atoms with E-state index in [2.05, 4.69) is 10.6 Å². The fraction of sp³-hybridized carbons (Fsp3) is 0.417. The predicted molar refractivity (Wildman–Crippen MR) is 120 cm³/mol. The van der Waals surface area contributed by atoms with Gasteiger partial charge in [0.1, 0.15) is 6.17 Å². The molecule has 1 heterocycles. The Morgan fingerprint density at radius 3 is 2.74 bits per heavy atom. The first-order valence-corrected chi connectivity index (χ1v) is 10.8. The predicted octanol–water partition coefficient (Wildman–Crippen LogP) is 3.45. The molecule has 0 saturated carbocycles. The molecule has 1 atom stereocenters. The zero-order valence-corrected chi connectivity index (χ0v) is 18.2. The fourth-order valence-electron chi connectivity index (χ4n) is 3.67. The number of carbonyl (C=O) groups is 2. The van der Waals surface area contributed by atoms with Crippen LogP contribution in [0.2, 0.25) is 0 Å². The number of hydrogen-bond acceptors (Lipinski definition) is 5. The number of amides is 2. The Bertz CT molecular complexity index is 887. The molecule has 0 unspecified atom stereocenters. The van der Waals surface area contributed by atoms with Crippen molar-refractivity contribution in [1.29, 1.82) is 0 Å². The molecule has 7 nitrogen and oxygen atoms in total. The van der Waals surface area contributed by atoms with Crippen molar-refractivity contribution in [2.75, 3.05) is 45.3 Å². The first-order valence-electron chi connectivity index (χ1n) is 10.8. The van der Waals surface area contributed by atoms with Gasteiger partial charge < -0.3 is 25.0 Å². The lowest BCUT2D eigenvalue weighted by Crippen LogP contribution is -2.33. The molecule has 7 heteroatoms. The minimum absolute atomic E-state index is 0.0108. The second kappa shape index (κ2) is 11.5. The summed E-state index contributed by atoms with van der Waals surface area (Å²) in [5.41, 5.74) is 3.01. The molecule has 0 aromatic heterocycles. The third-order valence-electron chi connectivity index (χ3n) is 5.19. The fourth-order valence-corrected chi connectivity index (χ4v) is 3.67. The smallest absolute Gasteiger partial charge is 0.256 e. The first-order chi connectivity index (χ1) is 15.2. The van der Waals surface area contributed by atoms with Gasteiger partial charge in [-0.25, -0.2) is 0 Å². The Balaban J connectivity index is 1.72. The topological polar surface area (TPSA) is 79.9 Å². The van der Waals surface area contributed by atoms with Crippen molar-refractivity contribution in [3.63, 3.8) is 0 Å². The van der Waals surface area contributed by atoms with Crippen LogP contribution in [-0.4, -0.2) is 56.7 Å². The highest BCUT2D eigenvalue weighted by atomic mass is 16.5. The summed E-state index contributed by atoms with van der Waals surface area (Å²) >= 11 is 0. The van der Waals surface area contributed by atoms with Crippen molar-refractivity contribution in [1.82, 2.24) is 10.2 Å². The lowest BCUT2D eigenvalue weighted by atomic mass is 10.1. The van der Waals surface area contributed by atoms with Crippen LogP contribution < -0.4 is 10.6 Å². The van der Waals surface area contributed by atoms with Crippen LogP contribution in [0.1, 0.15) is 52.2 Å². The second-order valence-corrected chi connectivity index (χ2v) is 7.37. The van der Waals surface area contributed by atoms with Gasteiger partial charge in [0.2, 0.25) is 0 Å². The van der Waals surface area contributed by atoms with E-state index < -0.39 is 0 Å². The Morgan fingerprint density at radius 1 is 1.10 bits per heavy atom. The summed E-state index contributed by atoms with van der Waals surface area (Å²) in [6.45, 7) is 4.99. The van der Waals surface area contributed by atoms with Crippen molar-refractivity contribution in [2.45, 2.75) is 25.9 Å². The number of fused-ring (bicyclic) bond motifs is 1. The maximum atomic E-state index is 13.0. The van der Waals surface area contributed by atoms with E-state index in [1.54, 1.807) is 13.2 Å². The SMILES string of the molecule is CCOCCCN1C(=O)c2ccccc2[C@H]1Nc1cccc(C(=O)NCCCOC)c1. The van der Waals surface area contributed by atoms with Crippen LogP contribution in [-0.2, 0) is 9.47 Å². The van der Waals surface area contributed by atoms with Crippen LogP contribution in [0.4, 0.5) is 5.69 Å². The number of benzene rings is 2. The monoisotopic (exact) mass is 425 g/mol. The average Bonchev–Trinajstić information content (AvgIpc) is 3.05. The van der Waals surface area contributed by atoms with Gasteiger partial charge in [0.25, 0.3) is 11.8 Å². The molecule has 0 fully saturated rings. The van der Waals surface area contributed by atoms with Crippen LogP contribution >= 0.6 is 0 Å². The lowest BCUT2D eigenvalue weighted by Gasteiger charge is -2.27. The standard InChI is InChI=1S/C24H31N3O4/c1-3-31-16-8-14-27-22(20-11-4-5-12-21(20)24(27)29)26-19-10-6-9-18(17-19)23(28)25-13-7-15-30-2/h4-6,9-12,17,22,26H,3,7-8,13-16H2,1-2H3,(H,25,28)/t22-/m0/s1. The molecule has 0 aliphatic carbocycles. The minimum Gasteiger partial charge on any atom is -0.385 e. The number of nitrogens with zero attached hydrogens (tertiary/aromatic N) is 1. The molecule has 0 radical (unpaired) electrons. The number of nitrogens with one attached hydrogen (secondary N) is 2. The Labute approximate surface area is 183 Å². The van der Waals surface area contributed by atoms with E-state index in [-0.39, 0.29) is 18.0 Å². The molecule has 0 saturated heterocycles. The van der Waals surface area contributed by atoms with Crippen molar-refractivity contribution < 1.29 is 19.1 Å². The third kappa shape index (κ3) is 5.83. The Hall–Kier alpha value is -2.90. The lowest BCUT2D eigenvalue weighted by molar-refractivity contribution is 0.0708. The van der Waals surface area contributed by atoms with Crippen molar-refractivity contribution in [3.8, 4) is 0 Å². The normalized spacial score (nSPS) is 15.1. The largest absolute Gasteiger partial charge is 0.385 e. The van der Waals surface area contributed by atoms with Gasteiger partial charge in [0, 0.05) is 62.4 Å². The zero-order chi connectivity index (χ0) is 22.1. The summed E-state index contributed by atoms with van der Waals surface area (Å²) in [6, 6.07) is 15.0. The highest BCUT2D eigenvalue weighted by molar-refractivity contribution is 5.99. The number of anilines is 1. The van der Waals surface area contributed by atoms with E-state index in [0.29, 0.717) is 44.0 Å². The number of methoxy groups -OCH3 is 1. The molecule has 0 bridgehead atoms. The summed E-state index contributed by atoms with van der Waals surface area (Å²) < 4.78 is 10.4. The van der Waals surface area contributed by atoms with Gasteiger partial charge >= 0.3 is 0 Å². The van der Waals surface area contributed by atoms with Crippen molar-refractivity contribution >= 4 is 17.5 Å². The molecule has 3 rings (SSSR count). The van der Waals surface area contributed by atoms with Gasteiger partial charge in [-0.1, -0.05) is 24.3 Å². The Kier molecular flexibility index (Phi) is 8.44. The first kappa shape index (κ1) is 22.8. The summed E-state index contributed by atoms with van der Waals surface area (Å²) in [7, 11) is 1.64. The highest BCUT2D eigenvalue weighted by Gasteiger charge is 2.36. The maximum absolute atomic E-state index is 13.0. The van der Waals surface area contributed by atoms with Crippen LogP contribution in [0.3, 0.4) is 0 Å². The molecule has 2 aromatic rings. The number of ether oxygens (including phenoxy) is 2. The molecule has 2 amide bonds. The van der Waals surface area contributed by atoms with E-state index in [0.717, 1.165) is 24.1 Å². The summed E-state index contributed by atoms with van der Waals surface area (Å²) in [6.07, 6.45) is 1.23. The minimum atomic E-state index is -0.287. The van der Waals surface area contributed by atoms with E-state index in [9.17, 15) is 9.59 Å². The van der Waals surface area contributed by atoms with E-state index >= 15 is 0 Å². The molecule has 31 heavy (non-hydrogen) atoms. The molecular weight excluding hydrogens is 394 g/mol. The van der Waals surface area contributed by atoms with Gasteiger partial charge in [0.15, 0.2) is 0 Å². The van der Waals surface area contributed by atoms with Gasteiger partial charge in [-0.05, 0) is 44.0 Å². The van der Waals surface area contributed by atoms with Gasteiger partial charge in [0.05, 0.1) is 0 Å². The highest BCUT2D eigenvalue weighted by Crippen LogP contribution is 2.34. The van der Waals surface area contributed by atoms with E-state index in [1.165, 1.54) is 0 Å². The quantitative estimate of drug-likeness (QED) is 0.509. The van der Waals surface area contributed by atoms with Crippen LogP contribution in [0.5, 0.6) is 0 Å². The third-order valence-corrected chi connectivity index (χ3v) is 5.19. The average molecular weight is 426 g/mol. The second-order valence-electron chi connectivity index (χ2n) is 7.37. The van der Waals surface area contributed by atoms with Crippen molar-refractivity contribution in [2.24, 2.45) is 0 Å². The maximum Gasteiger partial charge on any atom is 0.256 e. The molecule has 166 valence electrons. The molecule has 1 aliphatic rings. The summed E-state index contributed by atoms with van der Waals surface area (Å²) in [4.78, 5) is 27.3. The van der Waals surface area contributed by atoms with Gasteiger partial charge in [-0.15, -0.1) is 0 Å². The Morgan fingerprint density at radius 2 is 1.94 bits per heavy atom. The number of rotatable bonds is 12. The molecular formula is C24H31N3O4. The van der Waals surface area contributed by atoms with Crippen LogP contribution in [0.25, 0.3) is 0 Å². The van der Waals surface area contributed by atoms with Gasteiger partial charge in [-0.2, -0.15) is 0 Å². The molecule has 2 N–H and O–H groups in total. The molecule has 0 spiro atoms. The summed E-state index contributed by atoms with van der Waals surface area (Å²) in [5.74, 6) is -0.118. The number of carbonyl (C=O) groups excluding carboxylic acids is 2. The van der Waals surface area contributed by atoms with Gasteiger partial charge in [-0.3, -0.25) is 9.59 Å². The molecule has 1 aliphatic heterocycles. The zero-order valence-electron chi connectivity index (χ0n) is 18.2. The van der Waals surface area contributed by atoms with Crippen molar-refractivity contribution in [3.05, 3.63) is 65.2 Å². The van der Waals surface area contributed by atoms with Crippen LogP contribution in [0.15, 0.2) is 48.5 Å². The van der Waals surface area contributed by atoms with Crippen LogP contribution in [0, 0.1) is 0 Å². The van der Waals surface area contributed by atoms with E-state index in [4.69, 9.17) is 9.47 Å². The molecule has 2 aromatic carbocycles. The summed E-state index contributed by atoms with van der Waals surface area (Å²) in [5, 5.41) is 6.36. The number of hydrogen-bond donors (Lipinski definition) is 2. The van der Waals surface area contributed by atoms with E-state index in [1.807, 2.05) is 54.3 Å².